The molecule has 8 heteroatoms. The zero-order valence-corrected chi connectivity index (χ0v) is 14.0. The van der Waals surface area contributed by atoms with Crippen molar-refractivity contribution in [2.45, 2.75) is 57.5 Å². The van der Waals surface area contributed by atoms with Crippen LogP contribution >= 0.6 is 0 Å². The number of Topliss-reactive ketones (excluding diaryl/α,β-unsaturated/α-hetero) is 1. The summed E-state index contributed by atoms with van der Waals surface area (Å²) < 4.78 is 60.2. The van der Waals surface area contributed by atoms with Gasteiger partial charge in [0.2, 0.25) is 0 Å². The highest BCUT2D eigenvalue weighted by Crippen LogP contribution is 2.59. The molecule has 4 aliphatic rings. The van der Waals surface area contributed by atoms with Gasteiger partial charge in [0.25, 0.3) is 0 Å². The maximum Gasteiger partial charge on any atom is 0.419 e. The van der Waals surface area contributed by atoms with E-state index in [1.54, 1.807) is 0 Å². The molecule has 0 saturated heterocycles. The standard InChI is InChI=1S/C17H22F4O4/c1-15(18,19)17(20,21)25-4-2-3-24-14(23)16-7-10-5-11(8-16)13(22)12(6-10)9-16/h10-12H,2-9H2,1H3. The molecule has 142 valence electrons. The molecule has 25 heavy (non-hydrogen) atoms. The van der Waals surface area contributed by atoms with E-state index in [-0.39, 0.29) is 37.6 Å². The molecule has 4 nitrogen and oxygen atoms in total. The molecule has 4 saturated carbocycles. The fourth-order valence-electron chi connectivity index (χ4n) is 4.70. The topological polar surface area (TPSA) is 52.6 Å². The van der Waals surface area contributed by atoms with Crippen molar-refractivity contribution in [3.05, 3.63) is 0 Å². The Bertz CT molecular complexity index is 539. The van der Waals surface area contributed by atoms with E-state index in [0.29, 0.717) is 25.2 Å². The quantitative estimate of drug-likeness (QED) is 0.393. The van der Waals surface area contributed by atoms with Crippen LogP contribution < -0.4 is 0 Å². The molecule has 2 unspecified atom stereocenters. The van der Waals surface area contributed by atoms with Crippen LogP contribution in [0.2, 0.25) is 0 Å². The van der Waals surface area contributed by atoms with E-state index in [1.807, 2.05) is 0 Å². The molecule has 4 bridgehead atoms. The van der Waals surface area contributed by atoms with Crippen LogP contribution in [0.4, 0.5) is 17.6 Å². The molecule has 0 aromatic rings. The summed E-state index contributed by atoms with van der Waals surface area (Å²) in [6.45, 7) is -0.718. The van der Waals surface area contributed by atoms with Crippen molar-refractivity contribution >= 4 is 11.8 Å². The van der Waals surface area contributed by atoms with Gasteiger partial charge < -0.3 is 9.47 Å². The SMILES string of the molecule is CC(F)(F)C(F)(F)OCCCOC(=O)C12CC3CC(C1)C(=O)C(C3)C2. The zero-order valence-electron chi connectivity index (χ0n) is 14.0. The molecule has 2 atom stereocenters. The lowest BCUT2D eigenvalue weighted by Gasteiger charge is -2.53. The first kappa shape index (κ1) is 18.6. The Morgan fingerprint density at radius 2 is 1.72 bits per heavy atom. The van der Waals surface area contributed by atoms with E-state index >= 15 is 0 Å². The van der Waals surface area contributed by atoms with Crippen LogP contribution in [-0.2, 0) is 19.1 Å². The van der Waals surface area contributed by atoms with Crippen LogP contribution in [0.15, 0.2) is 0 Å². The highest BCUT2D eigenvalue weighted by molar-refractivity contribution is 5.89. The minimum absolute atomic E-state index is 0.0624. The summed E-state index contributed by atoms with van der Waals surface area (Å²) in [6.07, 6.45) is -1.22. The number of carbonyl (C=O) groups excluding carboxylic acids is 2. The molecule has 0 radical (unpaired) electrons. The number of esters is 1. The van der Waals surface area contributed by atoms with Gasteiger partial charge in [-0.05, 0) is 38.0 Å². The largest absolute Gasteiger partial charge is 0.465 e. The number of hydrogen-bond donors (Lipinski definition) is 0. The Hall–Kier alpha value is -1.18. The van der Waals surface area contributed by atoms with E-state index in [1.165, 1.54) is 0 Å². The number of halogens is 4. The summed E-state index contributed by atoms with van der Waals surface area (Å²) in [4.78, 5) is 24.6. The van der Waals surface area contributed by atoms with E-state index in [4.69, 9.17) is 4.74 Å². The molecule has 0 aliphatic heterocycles. The van der Waals surface area contributed by atoms with Gasteiger partial charge in [0.1, 0.15) is 5.78 Å². The molecular weight excluding hydrogens is 344 g/mol. The van der Waals surface area contributed by atoms with Crippen LogP contribution in [0.3, 0.4) is 0 Å². The summed E-state index contributed by atoms with van der Waals surface area (Å²) in [5.41, 5.74) is -0.633. The Morgan fingerprint density at radius 1 is 1.12 bits per heavy atom. The third-order valence-electron chi connectivity index (χ3n) is 5.74. The van der Waals surface area contributed by atoms with Crippen molar-refractivity contribution in [2.24, 2.45) is 23.2 Å². The van der Waals surface area contributed by atoms with Crippen LogP contribution in [0, 0.1) is 23.2 Å². The predicted octanol–water partition coefficient (Wildman–Crippen LogP) is 3.58. The highest BCUT2D eigenvalue weighted by Gasteiger charge is 2.59. The molecule has 0 spiro atoms. The number of rotatable bonds is 7. The van der Waals surface area contributed by atoms with Crippen molar-refractivity contribution in [3.63, 3.8) is 0 Å². The van der Waals surface area contributed by atoms with Gasteiger partial charge in [0.15, 0.2) is 0 Å². The third-order valence-corrected chi connectivity index (χ3v) is 5.74. The molecule has 0 amide bonds. The number of alkyl halides is 4. The van der Waals surface area contributed by atoms with E-state index < -0.39 is 30.0 Å². The first-order chi connectivity index (χ1) is 11.5. The average Bonchev–Trinajstić information content (AvgIpc) is 2.50. The van der Waals surface area contributed by atoms with Gasteiger partial charge in [0.05, 0.1) is 18.6 Å². The van der Waals surface area contributed by atoms with E-state index in [9.17, 15) is 27.2 Å². The smallest absolute Gasteiger partial charge is 0.419 e. The third kappa shape index (κ3) is 3.41. The van der Waals surface area contributed by atoms with Gasteiger partial charge in [-0.1, -0.05) is 0 Å². The van der Waals surface area contributed by atoms with Crippen molar-refractivity contribution < 1.29 is 36.6 Å². The Morgan fingerprint density at radius 3 is 2.28 bits per heavy atom. The molecule has 4 aliphatic carbocycles. The highest BCUT2D eigenvalue weighted by atomic mass is 19.3. The molecule has 0 aromatic carbocycles. The molecule has 4 rings (SSSR count). The maximum absolute atomic E-state index is 12.9. The first-order valence-corrected chi connectivity index (χ1v) is 8.65. The monoisotopic (exact) mass is 366 g/mol. The molecule has 0 N–H and O–H groups in total. The van der Waals surface area contributed by atoms with Gasteiger partial charge in [-0.15, -0.1) is 0 Å². The van der Waals surface area contributed by atoms with Crippen LogP contribution in [0.5, 0.6) is 0 Å². The van der Waals surface area contributed by atoms with Gasteiger partial charge >= 0.3 is 18.0 Å². The molecule has 4 fully saturated rings. The number of hydrogen-bond acceptors (Lipinski definition) is 4. The van der Waals surface area contributed by atoms with Crippen LogP contribution in [0.1, 0.15) is 45.4 Å². The summed E-state index contributed by atoms with van der Waals surface area (Å²) >= 11 is 0. The van der Waals surface area contributed by atoms with E-state index in [0.717, 1.165) is 12.8 Å². The lowest BCUT2D eigenvalue weighted by molar-refractivity contribution is -0.341. The van der Waals surface area contributed by atoms with Crippen molar-refractivity contribution in [3.8, 4) is 0 Å². The molecule has 0 heterocycles. The Labute approximate surface area is 143 Å². The fraction of sp³-hybridized carbons (Fsp3) is 0.882. The second-order valence-corrected chi connectivity index (χ2v) is 7.77. The minimum atomic E-state index is -4.54. The molecular formula is C17H22F4O4. The van der Waals surface area contributed by atoms with Crippen molar-refractivity contribution in [1.82, 2.24) is 0 Å². The van der Waals surface area contributed by atoms with Gasteiger partial charge in [-0.3, -0.25) is 9.59 Å². The second kappa shape index (κ2) is 6.21. The van der Waals surface area contributed by atoms with Crippen LogP contribution in [-0.4, -0.2) is 37.0 Å². The lowest BCUT2D eigenvalue weighted by Crippen LogP contribution is -2.54. The lowest BCUT2D eigenvalue weighted by atomic mass is 9.49. The summed E-state index contributed by atoms with van der Waals surface area (Å²) in [7, 11) is 0. The Kier molecular flexibility index (Phi) is 4.62. The van der Waals surface area contributed by atoms with Gasteiger partial charge in [-0.25, -0.2) is 0 Å². The number of ketones is 1. The summed E-state index contributed by atoms with van der Waals surface area (Å²) in [5.74, 6) is -4.16. The van der Waals surface area contributed by atoms with Crippen molar-refractivity contribution in [1.29, 1.82) is 0 Å². The number of ether oxygens (including phenoxy) is 2. The normalized spacial score (nSPS) is 34.4. The van der Waals surface area contributed by atoms with Crippen molar-refractivity contribution in [2.75, 3.05) is 13.2 Å². The fourth-order valence-corrected chi connectivity index (χ4v) is 4.70. The summed E-state index contributed by atoms with van der Waals surface area (Å²) in [5, 5.41) is 0. The second-order valence-electron chi connectivity index (χ2n) is 7.77. The van der Waals surface area contributed by atoms with Gasteiger partial charge in [0, 0.05) is 25.2 Å². The Balaban J connectivity index is 1.46. The van der Waals surface area contributed by atoms with E-state index in [2.05, 4.69) is 4.74 Å². The maximum atomic E-state index is 12.9. The minimum Gasteiger partial charge on any atom is -0.465 e. The predicted molar refractivity (Wildman–Crippen MR) is 78.1 cm³/mol. The number of carbonyl (C=O) groups is 2. The summed E-state index contributed by atoms with van der Waals surface area (Å²) in [6, 6.07) is 0. The van der Waals surface area contributed by atoms with Crippen LogP contribution in [0.25, 0.3) is 0 Å². The zero-order chi connectivity index (χ0) is 18.5. The average molecular weight is 366 g/mol. The first-order valence-electron chi connectivity index (χ1n) is 8.65. The van der Waals surface area contributed by atoms with Gasteiger partial charge in [-0.2, -0.15) is 17.6 Å². The molecule has 0 aromatic heterocycles.